The number of benzene rings is 2. The number of halogens is 3. The number of anilines is 2. The van der Waals surface area contributed by atoms with E-state index in [0.717, 1.165) is 4.47 Å². The van der Waals surface area contributed by atoms with Gasteiger partial charge in [0.2, 0.25) is 5.91 Å². The average molecular weight is 401 g/mol. The fourth-order valence-corrected chi connectivity index (χ4v) is 2.60. The first kappa shape index (κ1) is 17.7. The lowest BCUT2D eigenvalue weighted by Gasteiger charge is -2.15. The molecule has 23 heavy (non-hydrogen) atoms. The Hall–Kier alpha value is -1.60. The lowest BCUT2D eigenvalue weighted by Crippen LogP contribution is -2.31. The van der Waals surface area contributed by atoms with Gasteiger partial charge in [0, 0.05) is 20.7 Å². The summed E-state index contributed by atoms with van der Waals surface area (Å²) in [6.07, 6.45) is 0. The zero-order valence-corrected chi connectivity index (χ0v) is 14.6. The van der Waals surface area contributed by atoms with Crippen LogP contribution in [-0.2, 0) is 4.79 Å². The van der Waals surface area contributed by atoms with Gasteiger partial charge in [-0.15, -0.1) is 0 Å². The third-order valence-corrected chi connectivity index (χ3v) is 4.22. The largest absolute Gasteiger partial charge is 0.374 e. The molecule has 2 aromatic carbocycles. The van der Waals surface area contributed by atoms with Crippen LogP contribution >= 0.6 is 27.7 Å². The Balaban J connectivity index is 1.91. The van der Waals surface area contributed by atoms with Crippen molar-refractivity contribution in [3.05, 3.63) is 53.0 Å². The van der Waals surface area contributed by atoms with Gasteiger partial charge < -0.3 is 10.6 Å². The minimum Gasteiger partial charge on any atom is -0.374 e. The topological polar surface area (TPSA) is 41.1 Å². The van der Waals surface area contributed by atoms with Crippen LogP contribution in [0.15, 0.2) is 57.9 Å². The van der Waals surface area contributed by atoms with Crippen molar-refractivity contribution < 1.29 is 13.6 Å². The van der Waals surface area contributed by atoms with E-state index in [0.29, 0.717) is 28.0 Å². The molecule has 1 atom stereocenters. The van der Waals surface area contributed by atoms with Crippen LogP contribution in [0.2, 0.25) is 0 Å². The molecule has 0 fully saturated rings. The van der Waals surface area contributed by atoms with E-state index >= 15 is 0 Å². The minimum absolute atomic E-state index is 0.182. The molecule has 0 heterocycles. The summed E-state index contributed by atoms with van der Waals surface area (Å²) in [6.45, 7) is 1.73. The average Bonchev–Trinajstić information content (AvgIpc) is 2.51. The SMILES string of the molecule is C[C@@H](Nc1ccc(SC(F)F)cc1)C(=O)Nc1ccc(Br)cc1. The second-order valence-electron chi connectivity index (χ2n) is 4.77. The normalized spacial score (nSPS) is 12.0. The second kappa shape index (κ2) is 8.31. The first-order valence-electron chi connectivity index (χ1n) is 6.82. The van der Waals surface area contributed by atoms with Gasteiger partial charge >= 0.3 is 0 Å². The maximum atomic E-state index is 12.3. The van der Waals surface area contributed by atoms with E-state index in [9.17, 15) is 13.6 Å². The highest BCUT2D eigenvalue weighted by molar-refractivity contribution is 9.10. The summed E-state index contributed by atoms with van der Waals surface area (Å²) < 4.78 is 25.5. The number of alkyl halides is 2. The highest BCUT2D eigenvalue weighted by Gasteiger charge is 2.13. The van der Waals surface area contributed by atoms with Gasteiger partial charge in [-0.1, -0.05) is 27.7 Å². The molecule has 0 saturated carbocycles. The third kappa shape index (κ3) is 5.84. The second-order valence-corrected chi connectivity index (χ2v) is 6.74. The molecule has 7 heteroatoms. The molecular formula is C16H15BrF2N2OS. The predicted octanol–water partition coefficient (Wildman–Crippen LogP) is 5.20. The molecule has 2 aromatic rings. The van der Waals surface area contributed by atoms with Gasteiger partial charge in [0.1, 0.15) is 6.04 Å². The van der Waals surface area contributed by atoms with Gasteiger partial charge in [0.25, 0.3) is 5.76 Å². The molecule has 0 bridgehead atoms. The van der Waals surface area contributed by atoms with Gasteiger partial charge in [-0.05, 0) is 55.5 Å². The summed E-state index contributed by atoms with van der Waals surface area (Å²) in [5.41, 5.74) is 1.40. The highest BCUT2D eigenvalue weighted by atomic mass is 79.9. The van der Waals surface area contributed by atoms with Crippen LogP contribution in [0.5, 0.6) is 0 Å². The Labute approximate surface area is 146 Å². The third-order valence-electron chi connectivity index (χ3n) is 2.97. The van der Waals surface area contributed by atoms with Gasteiger partial charge in [-0.2, -0.15) is 8.78 Å². The van der Waals surface area contributed by atoms with Crippen LogP contribution in [0.25, 0.3) is 0 Å². The zero-order valence-electron chi connectivity index (χ0n) is 12.2. The lowest BCUT2D eigenvalue weighted by atomic mass is 10.2. The maximum Gasteiger partial charge on any atom is 0.288 e. The molecule has 0 saturated heterocycles. The van der Waals surface area contributed by atoms with Gasteiger partial charge in [-0.25, -0.2) is 0 Å². The van der Waals surface area contributed by atoms with Crippen molar-refractivity contribution in [2.24, 2.45) is 0 Å². The number of amides is 1. The molecule has 3 nitrogen and oxygen atoms in total. The van der Waals surface area contributed by atoms with Crippen LogP contribution in [0, 0.1) is 0 Å². The highest BCUT2D eigenvalue weighted by Crippen LogP contribution is 2.26. The van der Waals surface area contributed by atoms with E-state index in [2.05, 4.69) is 26.6 Å². The maximum absolute atomic E-state index is 12.3. The molecule has 0 aromatic heterocycles. The first-order chi connectivity index (χ1) is 10.9. The van der Waals surface area contributed by atoms with Crippen molar-refractivity contribution in [1.82, 2.24) is 0 Å². The van der Waals surface area contributed by atoms with E-state index in [-0.39, 0.29) is 5.91 Å². The van der Waals surface area contributed by atoms with Crippen molar-refractivity contribution in [3.63, 3.8) is 0 Å². The summed E-state index contributed by atoms with van der Waals surface area (Å²) in [4.78, 5) is 12.6. The Morgan fingerprint density at radius 1 is 1.04 bits per heavy atom. The summed E-state index contributed by atoms with van der Waals surface area (Å²) in [7, 11) is 0. The van der Waals surface area contributed by atoms with Gasteiger partial charge in [0.15, 0.2) is 0 Å². The van der Waals surface area contributed by atoms with Crippen LogP contribution < -0.4 is 10.6 Å². The minimum atomic E-state index is -2.44. The number of nitrogens with one attached hydrogen (secondary N) is 2. The monoisotopic (exact) mass is 400 g/mol. The molecule has 2 rings (SSSR count). The van der Waals surface area contributed by atoms with Crippen molar-refractivity contribution in [1.29, 1.82) is 0 Å². The number of carbonyl (C=O) groups is 1. The van der Waals surface area contributed by atoms with Crippen molar-refractivity contribution in [2.75, 3.05) is 10.6 Å². The Morgan fingerprint density at radius 3 is 2.17 bits per heavy atom. The van der Waals surface area contributed by atoms with E-state index < -0.39 is 11.8 Å². The molecule has 0 radical (unpaired) electrons. The quantitative estimate of drug-likeness (QED) is 0.654. The molecular weight excluding hydrogens is 386 g/mol. The van der Waals surface area contributed by atoms with Crippen LogP contribution in [-0.4, -0.2) is 17.7 Å². The van der Waals surface area contributed by atoms with Crippen LogP contribution in [0.4, 0.5) is 20.2 Å². The Bertz CT molecular complexity index is 650. The number of hydrogen-bond donors (Lipinski definition) is 2. The molecule has 0 spiro atoms. The first-order valence-corrected chi connectivity index (χ1v) is 8.49. The fraction of sp³-hybridized carbons (Fsp3) is 0.188. The van der Waals surface area contributed by atoms with Crippen LogP contribution in [0.3, 0.4) is 0 Å². The van der Waals surface area contributed by atoms with Crippen molar-refractivity contribution in [2.45, 2.75) is 23.6 Å². The number of carbonyl (C=O) groups excluding carboxylic acids is 1. The smallest absolute Gasteiger partial charge is 0.288 e. The molecule has 0 unspecified atom stereocenters. The summed E-state index contributed by atoms with van der Waals surface area (Å²) >= 11 is 3.82. The van der Waals surface area contributed by atoms with Crippen LogP contribution in [0.1, 0.15) is 6.92 Å². The summed E-state index contributed by atoms with van der Waals surface area (Å²) in [5, 5.41) is 5.84. The van der Waals surface area contributed by atoms with Crippen molar-refractivity contribution in [3.8, 4) is 0 Å². The van der Waals surface area contributed by atoms with Gasteiger partial charge in [0.05, 0.1) is 0 Å². The molecule has 122 valence electrons. The molecule has 1 amide bonds. The summed E-state index contributed by atoms with van der Waals surface area (Å²) in [5.74, 6) is -2.62. The molecule has 0 aliphatic rings. The Kier molecular flexibility index (Phi) is 6.41. The fourth-order valence-electron chi connectivity index (χ4n) is 1.83. The molecule has 2 N–H and O–H groups in total. The van der Waals surface area contributed by atoms with E-state index in [1.165, 1.54) is 0 Å². The van der Waals surface area contributed by atoms with Crippen molar-refractivity contribution >= 4 is 45.0 Å². The lowest BCUT2D eigenvalue weighted by molar-refractivity contribution is -0.116. The summed E-state index contributed by atoms with van der Waals surface area (Å²) in [6, 6.07) is 13.3. The van der Waals surface area contributed by atoms with E-state index in [1.54, 1.807) is 43.3 Å². The predicted molar refractivity (Wildman–Crippen MR) is 94.2 cm³/mol. The molecule has 0 aliphatic heterocycles. The van der Waals surface area contributed by atoms with E-state index in [4.69, 9.17) is 0 Å². The van der Waals surface area contributed by atoms with E-state index in [1.807, 2.05) is 12.1 Å². The number of hydrogen-bond acceptors (Lipinski definition) is 3. The number of rotatable bonds is 6. The zero-order chi connectivity index (χ0) is 16.8. The molecule has 0 aliphatic carbocycles. The standard InChI is InChI=1S/C16H15BrF2N2OS/c1-10(15(22)21-13-4-2-11(17)3-5-13)20-12-6-8-14(9-7-12)23-16(18)19/h2-10,16,20H,1H3,(H,21,22)/t10-/m1/s1. The van der Waals surface area contributed by atoms with Gasteiger partial charge in [-0.3, -0.25) is 4.79 Å². The Morgan fingerprint density at radius 2 is 1.61 bits per heavy atom. The number of thioether (sulfide) groups is 1.